The summed E-state index contributed by atoms with van der Waals surface area (Å²) in [6, 6.07) is 11.2. The van der Waals surface area contributed by atoms with Gasteiger partial charge in [0.25, 0.3) is 0 Å². The number of urea groups is 1. The number of amides is 3. The highest BCUT2D eigenvalue weighted by molar-refractivity contribution is 5.89. The number of hydrogen-bond donors (Lipinski definition) is 3. The average molecular weight is 480 g/mol. The number of benzene rings is 2. The lowest BCUT2D eigenvalue weighted by Gasteiger charge is -2.44. The van der Waals surface area contributed by atoms with Gasteiger partial charge in [0.15, 0.2) is 5.58 Å². The van der Waals surface area contributed by atoms with Crippen LogP contribution in [0, 0.1) is 0 Å². The van der Waals surface area contributed by atoms with Crippen molar-refractivity contribution in [3.05, 3.63) is 64.1 Å². The van der Waals surface area contributed by atoms with Gasteiger partial charge in [0.2, 0.25) is 0 Å². The number of carbonyl (C=O) groups is 3. The van der Waals surface area contributed by atoms with Gasteiger partial charge in [-0.1, -0.05) is 24.3 Å². The molecule has 11 nitrogen and oxygen atoms in total. The van der Waals surface area contributed by atoms with Crippen molar-refractivity contribution >= 4 is 34.9 Å². The van der Waals surface area contributed by atoms with E-state index in [1.54, 1.807) is 23.1 Å². The minimum Gasteiger partial charge on any atom is -0.467 e. The van der Waals surface area contributed by atoms with Gasteiger partial charge in [-0.25, -0.2) is 19.2 Å². The molecule has 3 heterocycles. The largest absolute Gasteiger partial charge is 0.467 e. The number of methoxy groups -OCH3 is 1. The number of ether oxygens (including phenoxy) is 2. The van der Waals surface area contributed by atoms with E-state index in [9.17, 15) is 19.2 Å². The number of esters is 1. The molecule has 1 atom stereocenters. The Bertz CT molecular complexity index is 1350. The van der Waals surface area contributed by atoms with Crippen LogP contribution in [-0.2, 0) is 26.3 Å². The van der Waals surface area contributed by atoms with Gasteiger partial charge < -0.3 is 24.1 Å². The Balaban J connectivity index is 1.27. The molecule has 5 rings (SSSR count). The lowest BCUT2D eigenvalue weighted by Crippen LogP contribution is -2.54. The third-order valence-corrected chi connectivity index (χ3v) is 6.51. The molecule has 1 aromatic heterocycles. The van der Waals surface area contributed by atoms with E-state index in [0.717, 1.165) is 5.56 Å². The summed E-state index contributed by atoms with van der Waals surface area (Å²) >= 11 is 0. The third-order valence-electron chi connectivity index (χ3n) is 6.51. The van der Waals surface area contributed by atoms with Gasteiger partial charge in [-0.3, -0.25) is 10.3 Å². The molecule has 35 heavy (non-hydrogen) atoms. The summed E-state index contributed by atoms with van der Waals surface area (Å²) in [5, 5.41) is 5.47. The molecule has 2 aliphatic rings. The molecule has 0 aliphatic carbocycles. The monoisotopic (exact) mass is 480 g/mol. The fourth-order valence-electron chi connectivity index (χ4n) is 4.73. The molecule has 182 valence electrons. The summed E-state index contributed by atoms with van der Waals surface area (Å²) in [4.78, 5) is 53.1. The summed E-state index contributed by atoms with van der Waals surface area (Å²) in [6.45, 7) is 0.670. The minimum atomic E-state index is -0.941. The summed E-state index contributed by atoms with van der Waals surface area (Å²) in [6.07, 6.45) is 0.494. The van der Waals surface area contributed by atoms with Crippen molar-refractivity contribution in [2.75, 3.05) is 25.5 Å². The molecule has 1 spiro atoms. The van der Waals surface area contributed by atoms with Gasteiger partial charge >= 0.3 is 23.8 Å². The van der Waals surface area contributed by atoms with Crippen LogP contribution in [0.3, 0.4) is 0 Å². The van der Waals surface area contributed by atoms with Gasteiger partial charge in [0.1, 0.15) is 11.6 Å². The molecule has 0 bridgehead atoms. The van der Waals surface area contributed by atoms with Crippen LogP contribution in [-0.4, -0.2) is 54.2 Å². The number of likely N-dealkylation sites (tertiary alicyclic amines) is 1. The van der Waals surface area contributed by atoms with Crippen LogP contribution >= 0.6 is 0 Å². The third kappa shape index (κ3) is 4.32. The zero-order chi connectivity index (χ0) is 24.6. The first kappa shape index (κ1) is 22.5. The molecule has 1 fully saturated rings. The molecule has 0 radical (unpaired) electrons. The Morgan fingerprint density at radius 3 is 2.71 bits per heavy atom. The van der Waals surface area contributed by atoms with Gasteiger partial charge in [-0.2, -0.15) is 0 Å². The molecule has 2 aromatic carbocycles. The van der Waals surface area contributed by atoms with E-state index >= 15 is 0 Å². The number of para-hydroxylation sites is 1. The first-order chi connectivity index (χ1) is 16.9. The standard InChI is InChI=1S/C24H24N4O7/c1-33-20(29)18(12-14-6-7-17-19(13-14)34-22(31)27-17)25-21(30)28-10-8-24(9-11-28)15-4-2-3-5-16(15)26-23(32)35-24/h2-7,13,18H,8-12H2,1H3,(H,25,30)(H,26,32)(H,27,31)/t18-/m1/s1. The SMILES string of the molecule is COC(=O)[C@@H](Cc1ccc2[nH]c(=O)oc2c1)NC(=O)N1CCC2(CC1)OC(=O)Nc1ccccc12. The van der Waals surface area contributed by atoms with Crippen LogP contribution < -0.4 is 16.4 Å². The van der Waals surface area contributed by atoms with Crippen molar-refractivity contribution in [3.63, 3.8) is 0 Å². The number of fused-ring (bicyclic) bond motifs is 3. The number of nitrogens with one attached hydrogen (secondary N) is 3. The number of anilines is 1. The molecular weight excluding hydrogens is 456 g/mol. The smallest absolute Gasteiger partial charge is 0.417 e. The van der Waals surface area contributed by atoms with Gasteiger partial charge in [-0.05, 0) is 23.8 Å². The number of hydrogen-bond acceptors (Lipinski definition) is 7. The molecule has 0 saturated carbocycles. The molecule has 2 aliphatic heterocycles. The Hall–Kier alpha value is -4.28. The zero-order valence-corrected chi connectivity index (χ0v) is 19.0. The summed E-state index contributed by atoms with van der Waals surface area (Å²) in [5.74, 6) is -1.16. The molecule has 3 amide bonds. The topological polar surface area (TPSA) is 143 Å². The molecule has 1 saturated heterocycles. The Morgan fingerprint density at radius 1 is 1.17 bits per heavy atom. The lowest BCUT2D eigenvalue weighted by atomic mass is 9.82. The number of aromatic amines is 1. The second-order valence-corrected chi connectivity index (χ2v) is 8.62. The summed E-state index contributed by atoms with van der Waals surface area (Å²) in [5.41, 5.74) is 2.39. The van der Waals surface area contributed by atoms with Crippen molar-refractivity contribution in [2.24, 2.45) is 0 Å². The highest BCUT2D eigenvalue weighted by atomic mass is 16.6. The van der Waals surface area contributed by atoms with E-state index in [4.69, 9.17) is 13.9 Å². The second kappa shape index (κ2) is 8.82. The van der Waals surface area contributed by atoms with E-state index in [1.165, 1.54) is 7.11 Å². The highest BCUT2D eigenvalue weighted by Gasteiger charge is 2.45. The number of carbonyl (C=O) groups excluding carboxylic acids is 3. The predicted molar refractivity (Wildman–Crippen MR) is 124 cm³/mol. The Labute approximate surface area is 199 Å². The second-order valence-electron chi connectivity index (χ2n) is 8.62. The molecule has 0 unspecified atom stereocenters. The number of aromatic nitrogens is 1. The van der Waals surface area contributed by atoms with Crippen LogP contribution in [0.5, 0.6) is 0 Å². The first-order valence-corrected chi connectivity index (χ1v) is 11.2. The number of piperidine rings is 1. The van der Waals surface area contributed by atoms with Gasteiger partial charge in [0.05, 0.1) is 18.3 Å². The molecule has 11 heteroatoms. The average Bonchev–Trinajstić information content (AvgIpc) is 3.22. The predicted octanol–water partition coefficient (Wildman–Crippen LogP) is 2.47. The summed E-state index contributed by atoms with van der Waals surface area (Å²) in [7, 11) is 1.25. The van der Waals surface area contributed by atoms with Crippen molar-refractivity contribution in [2.45, 2.75) is 30.9 Å². The van der Waals surface area contributed by atoms with E-state index in [-0.39, 0.29) is 6.42 Å². The maximum atomic E-state index is 13.0. The van der Waals surface area contributed by atoms with E-state index in [2.05, 4.69) is 15.6 Å². The van der Waals surface area contributed by atoms with E-state index < -0.39 is 35.5 Å². The zero-order valence-electron chi connectivity index (χ0n) is 19.0. The van der Waals surface area contributed by atoms with Crippen molar-refractivity contribution < 1.29 is 28.3 Å². The maximum absolute atomic E-state index is 13.0. The van der Waals surface area contributed by atoms with Crippen LogP contribution in [0.25, 0.3) is 11.1 Å². The first-order valence-electron chi connectivity index (χ1n) is 11.2. The highest BCUT2D eigenvalue weighted by Crippen LogP contribution is 2.43. The van der Waals surface area contributed by atoms with E-state index in [1.807, 2.05) is 24.3 Å². The van der Waals surface area contributed by atoms with Crippen LogP contribution in [0.1, 0.15) is 24.0 Å². The van der Waals surface area contributed by atoms with E-state index in [0.29, 0.717) is 48.3 Å². The quantitative estimate of drug-likeness (QED) is 0.487. The number of rotatable bonds is 4. The van der Waals surface area contributed by atoms with Crippen molar-refractivity contribution in [3.8, 4) is 0 Å². The van der Waals surface area contributed by atoms with Gasteiger partial charge in [-0.15, -0.1) is 0 Å². The Morgan fingerprint density at radius 2 is 1.94 bits per heavy atom. The van der Waals surface area contributed by atoms with Crippen LogP contribution in [0.2, 0.25) is 0 Å². The number of H-pyrrole nitrogens is 1. The molecule has 3 N–H and O–H groups in total. The minimum absolute atomic E-state index is 0.150. The number of nitrogens with zero attached hydrogens (tertiary/aromatic N) is 1. The summed E-state index contributed by atoms with van der Waals surface area (Å²) < 4.78 is 15.7. The normalized spacial score (nSPS) is 17.3. The molecule has 3 aromatic rings. The van der Waals surface area contributed by atoms with Crippen LogP contribution in [0.15, 0.2) is 51.7 Å². The fraction of sp³-hybridized carbons (Fsp3) is 0.333. The van der Waals surface area contributed by atoms with Crippen LogP contribution in [0.4, 0.5) is 15.3 Å². The lowest BCUT2D eigenvalue weighted by molar-refractivity contribution is -0.142. The Kier molecular flexibility index (Phi) is 5.67. The number of oxazole rings is 1. The van der Waals surface area contributed by atoms with Crippen molar-refractivity contribution in [1.82, 2.24) is 15.2 Å². The maximum Gasteiger partial charge on any atom is 0.417 e. The van der Waals surface area contributed by atoms with Crippen molar-refractivity contribution in [1.29, 1.82) is 0 Å². The van der Waals surface area contributed by atoms with Gasteiger partial charge in [0, 0.05) is 37.9 Å². The molecular formula is C24H24N4O7. The fourth-order valence-corrected chi connectivity index (χ4v) is 4.73.